The zero-order valence-corrected chi connectivity index (χ0v) is 12.2. The molecule has 1 aromatic carbocycles. The van der Waals surface area contributed by atoms with Crippen LogP contribution in [-0.4, -0.2) is 25.3 Å². The highest BCUT2D eigenvalue weighted by Gasteiger charge is 2.42. The fourth-order valence-corrected chi connectivity index (χ4v) is 3.25. The van der Waals surface area contributed by atoms with Crippen LogP contribution < -0.4 is 5.32 Å². The second-order valence-electron chi connectivity index (χ2n) is 6.09. The van der Waals surface area contributed by atoms with Gasteiger partial charge in [-0.3, -0.25) is 0 Å². The molecule has 3 heteroatoms. The molecule has 0 spiro atoms. The van der Waals surface area contributed by atoms with Gasteiger partial charge in [0.25, 0.3) is 0 Å². The molecule has 2 fully saturated rings. The van der Waals surface area contributed by atoms with Crippen LogP contribution in [0.15, 0.2) is 24.3 Å². The zero-order chi connectivity index (χ0) is 13.3. The summed E-state index contributed by atoms with van der Waals surface area (Å²) < 4.78 is 5.85. The molecule has 0 amide bonds. The van der Waals surface area contributed by atoms with Crippen molar-refractivity contribution in [2.75, 3.05) is 13.2 Å². The number of halogens is 1. The van der Waals surface area contributed by atoms with Crippen molar-refractivity contribution in [1.29, 1.82) is 0 Å². The molecule has 2 unspecified atom stereocenters. The minimum atomic E-state index is 0.229. The van der Waals surface area contributed by atoms with Crippen LogP contribution in [0, 0.1) is 5.41 Å². The lowest BCUT2D eigenvalue weighted by Gasteiger charge is -2.33. The summed E-state index contributed by atoms with van der Waals surface area (Å²) in [7, 11) is 0. The summed E-state index contributed by atoms with van der Waals surface area (Å²) in [4.78, 5) is 0. The molecule has 1 saturated carbocycles. The summed E-state index contributed by atoms with van der Waals surface area (Å²) in [6.45, 7) is 4.16. The first kappa shape index (κ1) is 13.4. The topological polar surface area (TPSA) is 21.3 Å². The number of hydrogen-bond acceptors (Lipinski definition) is 2. The van der Waals surface area contributed by atoms with E-state index >= 15 is 0 Å². The minimum Gasteiger partial charge on any atom is -0.378 e. The Balaban J connectivity index is 1.74. The van der Waals surface area contributed by atoms with Gasteiger partial charge in [0, 0.05) is 29.6 Å². The Hall–Kier alpha value is -0.570. The van der Waals surface area contributed by atoms with E-state index in [1.54, 1.807) is 0 Å². The number of ether oxygens (including phenoxy) is 1. The first-order valence-corrected chi connectivity index (χ1v) is 7.65. The standard InChI is InChI=1S/C16H22ClNO/c1-12-16(7-8-19-12,11-18-15-5-6-15)10-13-3-2-4-14(17)9-13/h2-4,9,12,15,18H,5-8,10-11H2,1H3. The van der Waals surface area contributed by atoms with Crippen LogP contribution in [0.3, 0.4) is 0 Å². The molecule has 19 heavy (non-hydrogen) atoms. The number of benzene rings is 1. The summed E-state index contributed by atoms with van der Waals surface area (Å²) in [5.41, 5.74) is 1.55. The van der Waals surface area contributed by atoms with Crippen molar-refractivity contribution in [1.82, 2.24) is 5.32 Å². The van der Waals surface area contributed by atoms with Gasteiger partial charge in [0.2, 0.25) is 0 Å². The van der Waals surface area contributed by atoms with Crippen LogP contribution >= 0.6 is 11.6 Å². The van der Waals surface area contributed by atoms with Gasteiger partial charge >= 0.3 is 0 Å². The van der Waals surface area contributed by atoms with Gasteiger partial charge in [-0.25, -0.2) is 0 Å². The third-order valence-corrected chi connectivity index (χ3v) is 4.83. The van der Waals surface area contributed by atoms with E-state index in [2.05, 4.69) is 24.4 Å². The number of nitrogens with one attached hydrogen (secondary N) is 1. The molecule has 1 aromatic rings. The fraction of sp³-hybridized carbons (Fsp3) is 0.625. The van der Waals surface area contributed by atoms with Gasteiger partial charge in [-0.2, -0.15) is 0 Å². The van der Waals surface area contributed by atoms with Crippen molar-refractivity contribution in [3.05, 3.63) is 34.9 Å². The first-order valence-electron chi connectivity index (χ1n) is 7.27. The van der Waals surface area contributed by atoms with Crippen LogP contribution in [0.1, 0.15) is 31.7 Å². The highest BCUT2D eigenvalue weighted by Crippen LogP contribution is 2.39. The van der Waals surface area contributed by atoms with Crippen molar-refractivity contribution in [2.24, 2.45) is 5.41 Å². The Morgan fingerprint density at radius 3 is 2.89 bits per heavy atom. The maximum atomic E-state index is 6.10. The maximum absolute atomic E-state index is 6.10. The molecule has 2 nitrogen and oxygen atoms in total. The molecule has 1 saturated heterocycles. The van der Waals surface area contributed by atoms with E-state index in [0.29, 0.717) is 6.10 Å². The molecule has 0 bridgehead atoms. The van der Waals surface area contributed by atoms with Gasteiger partial charge in [-0.05, 0) is 50.3 Å². The van der Waals surface area contributed by atoms with Gasteiger partial charge in [-0.1, -0.05) is 23.7 Å². The van der Waals surface area contributed by atoms with Crippen molar-refractivity contribution in [3.63, 3.8) is 0 Å². The summed E-state index contributed by atoms with van der Waals surface area (Å²) >= 11 is 6.10. The molecule has 1 aliphatic heterocycles. The lowest BCUT2D eigenvalue weighted by atomic mass is 9.76. The quantitative estimate of drug-likeness (QED) is 0.892. The van der Waals surface area contributed by atoms with Crippen molar-refractivity contribution >= 4 is 11.6 Å². The van der Waals surface area contributed by atoms with Gasteiger partial charge in [0.1, 0.15) is 0 Å². The van der Waals surface area contributed by atoms with Gasteiger partial charge in [-0.15, -0.1) is 0 Å². The van der Waals surface area contributed by atoms with E-state index in [9.17, 15) is 0 Å². The highest BCUT2D eigenvalue weighted by molar-refractivity contribution is 6.30. The van der Waals surface area contributed by atoms with E-state index in [-0.39, 0.29) is 5.41 Å². The van der Waals surface area contributed by atoms with E-state index in [0.717, 1.165) is 37.1 Å². The molecule has 1 N–H and O–H groups in total. The molecular formula is C16H22ClNO. The molecule has 0 aromatic heterocycles. The van der Waals surface area contributed by atoms with Gasteiger partial charge in [0.05, 0.1) is 6.10 Å². The van der Waals surface area contributed by atoms with Crippen LogP contribution in [-0.2, 0) is 11.2 Å². The van der Waals surface area contributed by atoms with E-state index < -0.39 is 0 Å². The maximum Gasteiger partial charge on any atom is 0.0619 e. The molecule has 104 valence electrons. The van der Waals surface area contributed by atoms with Gasteiger partial charge < -0.3 is 10.1 Å². The average molecular weight is 280 g/mol. The largest absolute Gasteiger partial charge is 0.378 e. The normalized spacial score (nSPS) is 30.7. The highest BCUT2D eigenvalue weighted by atomic mass is 35.5. The number of rotatable bonds is 5. The van der Waals surface area contributed by atoms with E-state index in [1.165, 1.54) is 18.4 Å². The van der Waals surface area contributed by atoms with Crippen LogP contribution in [0.25, 0.3) is 0 Å². The molecule has 1 heterocycles. The van der Waals surface area contributed by atoms with Crippen LogP contribution in [0.4, 0.5) is 0 Å². The Morgan fingerprint density at radius 1 is 1.42 bits per heavy atom. The third-order valence-electron chi connectivity index (χ3n) is 4.60. The summed E-state index contributed by atoms with van der Waals surface area (Å²) in [5.74, 6) is 0. The minimum absolute atomic E-state index is 0.229. The summed E-state index contributed by atoms with van der Waals surface area (Å²) in [5, 5.41) is 4.52. The summed E-state index contributed by atoms with van der Waals surface area (Å²) in [6, 6.07) is 9.00. The monoisotopic (exact) mass is 279 g/mol. The smallest absolute Gasteiger partial charge is 0.0619 e. The lowest BCUT2D eigenvalue weighted by molar-refractivity contribution is 0.0628. The molecule has 3 rings (SSSR count). The third kappa shape index (κ3) is 3.13. The Morgan fingerprint density at radius 2 is 2.26 bits per heavy atom. The second-order valence-corrected chi connectivity index (χ2v) is 6.52. The summed E-state index contributed by atoms with van der Waals surface area (Å²) in [6.07, 6.45) is 5.18. The van der Waals surface area contributed by atoms with Crippen molar-refractivity contribution in [3.8, 4) is 0 Å². The fourth-order valence-electron chi connectivity index (χ4n) is 3.03. The Kier molecular flexibility index (Phi) is 3.84. The van der Waals surface area contributed by atoms with E-state index in [1.807, 2.05) is 12.1 Å². The molecule has 2 atom stereocenters. The molecule has 0 radical (unpaired) electrons. The molecule has 2 aliphatic rings. The first-order chi connectivity index (χ1) is 9.18. The Labute approximate surface area is 120 Å². The van der Waals surface area contributed by atoms with Gasteiger partial charge in [0.15, 0.2) is 0 Å². The second kappa shape index (κ2) is 5.43. The van der Waals surface area contributed by atoms with Crippen molar-refractivity contribution in [2.45, 2.75) is 44.8 Å². The predicted octanol–water partition coefficient (Wildman–Crippen LogP) is 3.43. The molecule has 1 aliphatic carbocycles. The Bertz CT molecular complexity index is 446. The average Bonchev–Trinajstić information content (AvgIpc) is 3.14. The van der Waals surface area contributed by atoms with E-state index in [4.69, 9.17) is 16.3 Å². The predicted molar refractivity (Wildman–Crippen MR) is 78.6 cm³/mol. The van der Waals surface area contributed by atoms with Crippen LogP contribution in [0.5, 0.6) is 0 Å². The molecular weight excluding hydrogens is 258 g/mol. The zero-order valence-electron chi connectivity index (χ0n) is 11.5. The lowest BCUT2D eigenvalue weighted by Crippen LogP contribution is -2.42. The van der Waals surface area contributed by atoms with Crippen LogP contribution in [0.2, 0.25) is 5.02 Å². The number of hydrogen-bond donors (Lipinski definition) is 1. The van der Waals surface area contributed by atoms with Crippen molar-refractivity contribution < 1.29 is 4.74 Å². The SMILES string of the molecule is CC1OCCC1(CNC1CC1)Cc1cccc(Cl)c1.